The van der Waals surface area contributed by atoms with Crippen LogP contribution in [0.5, 0.6) is 0 Å². The Hall–Kier alpha value is -5.75. The number of aryl methyl sites for hydroxylation is 2. The number of amides is 6. The van der Waals surface area contributed by atoms with Gasteiger partial charge < -0.3 is 44.0 Å². The summed E-state index contributed by atoms with van der Waals surface area (Å²) in [6.45, 7) is 33.3. The summed E-state index contributed by atoms with van der Waals surface area (Å²) >= 11 is 3.05. The van der Waals surface area contributed by atoms with Crippen LogP contribution in [0.15, 0.2) is 64.4 Å². The largest absolute Gasteiger partial charge is 0.445 e. The number of ether oxygens (including phenoxy) is 3. The SMILES string of the molecule is Cc1cc2c(cc1C(=O)N(C(C)C)[C@@H]1CCCN(C(=O)OC(C)(C)C)C1)CC(=O)C(C)(C)S2.Cc1cc2c(cc1C(=O)N(C(C)C)[C@@H]1CCCN(C(=O)OC(C)(C)C)C1)N(CCNC(=O)OCc1ccccc1)C(=O)C(C)(C)S2. The van der Waals surface area contributed by atoms with E-state index >= 15 is 0 Å². The first-order chi connectivity index (χ1) is 36.8. The number of nitrogens with zero attached hydrogens (tertiary/aromatic N) is 5. The molecular weight excluding hydrogens is 1040 g/mol. The van der Waals surface area contributed by atoms with Crippen LogP contribution in [-0.2, 0) is 36.8 Å². The van der Waals surface area contributed by atoms with Gasteiger partial charge in [0, 0.05) is 78.7 Å². The van der Waals surface area contributed by atoms with Crippen molar-refractivity contribution < 1.29 is 47.8 Å². The number of hydrogen-bond donors (Lipinski definition) is 1. The van der Waals surface area contributed by atoms with Crippen molar-refractivity contribution >= 4 is 71.0 Å². The monoisotopic (exact) mass is 1130 g/mol. The van der Waals surface area contributed by atoms with Crippen molar-refractivity contribution in [2.45, 2.75) is 204 Å². The second-order valence-corrected chi connectivity index (χ2v) is 28.1. The number of alkyl carbamates (subject to hydrolysis) is 1. The van der Waals surface area contributed by atoms with Crippen LogP contribution in [0.4, 0.5) is 20.1 Å². The maximum Gasteiger partial charge on any atom is 0.410 e. The van der Waals surface area contributed by atoms with E-state index in [1.54, 1.807) is 26.5 Å². The first-order valence-corrected chi connectivity index (χ1v) is 29.5. The molecule has 432 valence electrons. The van der Waals surface area contributed by atoms with Crippen LogP contribution in [-0.4, -0.2) is 146 Å². The summed E-state index contributed by atoms with van der Waals surface area (Å²) in [5, 5.41) is 2.75. The standard InChI is InChI=1S/C35H48N4O6S.C26H38N2O4S/c1-23(2)39(26-15-12-17-37(21-26)33(43)45-34(4,5)6)30(40)27-20-28-29(19-24(27)3)46-35(7,8)31(41)38(28)18-16-36-32(42)44-22-25-13-10-9-11-14-25;1-16(2)28(19-10-9-11-27(15-19)24(31)32-25(4,5)6)23(30)20-13-18-14-22(29)26(7,8)33-21(18)12-17(20)3/h9-11,13-14,19-20,23,26H,12,15-18,21-22H2,1-8H3,(H,36,42);12-13,16,19H,9-11,14-15H2,1-8H3/t26-;19-/m11/s1. The lowest BCUT2D eigenvalue weighted by Gasteiger charge is -2.42. The Labute approximate surface area is 477 Å². The van der Waals surface area contributed by atoms with Gasteiger partial charge in [0.15, 0.2) is 5.78 Å². The number of carbonyl (C=O) groups excluding carboxylic acids is 7. The second kappa shape index (κ2) is 25.4. The highest BCUT2D eigenvalue weighted by molar-refractivity contribution is 8.02. The summed E-state index contributed by atoms with van der Waals surface area (Å²) < 4.78 is 15.4. The van der Waals surface area contributed by atoms with Gasteiger partial charge >= 0.3 is 18.3 Å². The van der Waals surface area contributed by atoms with E-state index in [0.29, 0.717) is 49.4 Å². The van der Waals surface area contributed by atoms with Crippen molar-refractivity contribution in [3.63, 3.8) is 0 Å². The van der Waals surface area contributed by atoms with Gasteiger partial charge in [-0.25, -0.2) is 14.4 Å². The molecule has 4 aliphatic rings. The van der Waals surface area contributed by atoms with Gasteiger partial charge in [-0.2, -0.15) is 0 Å². The lowest BCUT2D eigenvalue weighted by atomic mass is 9.94. The van der Waals surface area contributed by atoms with Gasteiger partial charge in [-0.15, -0.1) is 23.5 Å². The second-order valence-electron chi connectivity index (χ2n) is 24.7. The first-order valence-electron chi connectivity index (χ1n) is 27.8. The minimum Gasteiger partial charge on any atom is -0.445 e. The normalized spacial score (nSPS) is 18.9. The van der Waals surface area contributed by atoms with Gasteiger partial charge in [0.25, 0.3) is 11.8 Å². The van der Waals surface area contributed by atoms with Crippen LogP contribution in [0.1, 0.15) is 166 Å². The number of carbonyl (C=O) groups is 7. The average molecular weight is 1130 g/mol. The van der Waals surface area contributed by atoms with Gasteiger partial charge in [0.1, 0.15) is 17.8 Å². The maximum atomic E-state index is 14.3. The van der Waals surface area contributed by atoms with E-state index in [1.165, 1.54) is 11.8 Å². The molecule has 7 rings (SSSR count). The summed E-state index contributed by atoms with van der Waals surface area (Å²) in [6, 6.07) is 16.8. The van der Waals surface area contributed by atoms with Gasteiger partial charge in [0.05, 0.1) is 27.3 Å². The zero-order valence-corrected chi connectivity index (χ0v) is 51.3. The Morgan fingerprint density at radius 1 is 0.696 bits per heavy atom. The van der Waals surface area contributed by atoms with E-state index in [1.807, 2.05) is 175 Å². The summed E-state index contributed by atoms with van der Waals surface area (Å²) in [6.07, 6.45) is 2.29. The molecule has 0 unspecified atom stereocenters. The number of benzene rings is 3. The maximum absolute atomic E-state index is 14.3. The summed E-state index contributed by atoms with van der Waals surface area (Å²) in [4.78, 5) is 103. The number of rotatable bonds is 11. The first kappa shape index (κ1) is 62.4. The Bertz CT molecular complexity index is 2750. The Balaban J connectivity index is 0.000000269. The van der Waals surface area contributed by atoms with Crippen LogP contribution in [0.25, 0.3) is 0 Å². The van der Waals surface area contributed by atoms with Crippen molar-refractivity contribution in [3.8, 4) is 0 Å². The molecular formula is C61H86N6O10S2. The van der Waals surface area contributed by atoms with Crippen LogP contribution >= 0.6 is 23.5 Å². The third-order valence-electron chi connectivity index (χ3n) is 14.3. The molecule has 6 amide bonds. The predicted octanol–water partition coefficient (Wildman–Crippen LogP) is 11.6. The third kappa shape index (κ3) is 16.0. The minimum atomic E-state index is -0.726. The average Bonchev–Trinajstić information content (AvgIpc) is 3.39. The van der Waals surface area contributed by atoms with Gasteiger partial charge in [-0.05, 0) is 183 Å². The number of nitrogens with one attached hydrogen (secondary N) is 1. The predicted molar refractivity (Wildman–Crippen MR) is 312 cm³/mol. The molecule has 0 radical (unpaired) electrons. The zero-order valence-electron chi connectivity index (χ0n) is 49.6. The minimum absolute atomic E-state index is 0.0218. The third-order valence-corrected chi connectivity index (χ3v) is 16.8. The summed E-state index contributed by atoms with van der Waals surface area (Å²) in [5.74, 6) is -0.101. The number of hydrogen-bond acceptors (Lipinski definition) is 12. The van der Waals surface area contributed by atoms with E-state index in [9.17, 15) is 33.6 Å². The van der Waals surface area contributed by atoms with E-state index in [-0.39, 0.29) is 79.6 Å². The number of Topliss-reactive ketones (excluding diaryl/α,β-unsaturated/α-hetero) is 1. The highest BCUT2D eigenvalue weighted by Gasteiger charge is 2.42. The number of ketones is 1. The number of likely N-dealkylation sites (tertiary alicyclic amines) is 2. The molecule has 0 saturated carbocycles. The van der Waals surface area contributed by atoms with Gasteiger partial charge in [-0.3, -0.25) is 19.2 Å². The van der Waals surface area contributed by atoms with Crippen molar-refractivity contribution in [1.29, 1.82) is 0 Å². The van der Waals surface area contributed by atoms with Crippen LogP contribution in [0, 0.1) is 13.8 Å². The Morgan fingerprint density at radius 2 is 1.18 bits per heavy atom. The molecule has 3 aromatic rings. The molecule has 1 N–H and O–H groups in total. The number of fused-ring (bicyclic) bond motifs is 2. The van der Waals surface area contributed by atoms with E-state index in [2.05, 4.69) is 5.32 Å². The van der Waals surface area contributed by atoms with Gasteiger partial charge in [0.2, 0.25) is 5.91 Å². The summed E-state index contributed by atoms with van der Waals surface area (Å²) in [5.41, 5.74) is 4.18. The topological polar surface area (TPSA) is 175 Å². The van der Waals surface area contributed by atoms with E-state index in [4.69, 9.17) is 14.2 Å². The molecule has 2 fully saturated rings. The number of piperidine rings is 2. The number of thioether (sulfide) groups is 2. The van der Waals surface area contributed by atoms with Crippen molar-refractivity contribution in [3.05, 3.63) is 88.0 Å². The van der Waals surface area contributed by atoms with Crippen LogP contribution < -0.4 is 10.2 Å². The molecule has 2 saturated heterocycles. The molecule has 0 spiro atoms. The highest BCUT2D eigenvalue weighted by atomic mass is 32.2. The molecule has 3 aromatic carbocycles. The molecule has 4 aliphatic heterocycles. The van der Waals surface area contributed by atoms with E-state index in [0.717, 1.165) is 57.7 Å². The fourth-order valence-electron chi connectivity index (χ4n) is 10.4. The zero-order chi connectivity index (χ0) is 58.5. The van der Waals surface area contributed by atoms with Gasteiger partial charge in [-0.1, -0.05) is 30.3 Å². The van der Waals surface area contributed by atoms with Crippen molar-refractivity contribution in [2.75, 3.05) is 44.2 Å². The lowest BCUT2D eigenvalue weighted by Crippen LogP contribution is -2.54. The lowest BCUT2D eigenvalue weighted by molar-refractivity contribution is -0.121. The smallest absolute Gasteiger partial charge is 0.410 e. The molecule has 4 heterocycles. The molecule has 79 heavy (non-hydrogen) atoms. The summed E-state index contributed by atoms with van der Waals surface area (Å²) in [7, 11) is 0. The van der Waals surface area contributed by atoms with Crippen molar-refractivity contribution in [1.82, 2.24) is 24.9 Å². The molecule has 0 bridgehead atoms. The molecule has 2 atom stereocenters. The van der Waals surface area contributed by atoms with Crippen LogP contribution in [0.2, 0.25) is 0 Å². The highest BCUT2D eigenvalue weighted by Crippen LogP contribution is 2.47. The fourth-order valence-corrected chi connectivity index (χ4v) is 12.9. The Kier molecular flexibility index (Phi) is 20.1. The molecule has 0 aliphatic carbocycles. The van der Waals surface area contributed by atoms with Crippen molar-refractivity contribution in [2.24, 2.45) is 0 Å². The van der Waals surface area contributed by atoms with E-state index < -0.39 is 26.8 Å². The Morgan fingerprint density at radius 3 is 1.67 bits per heavy atom. The van der Waals surface area contributed by atoms with Crippen LogP contribution in [0.3, 0.4) is 0 Å². The molecule has 0 aromatic heterocycles. The quantitative estimate of drug-likeness (QED) is 0.180. The number of anilines is 1. The molecule has 18 heteroatoms. The fraction of sp³-hybridized carbons (Fsp3) is 0.590. The molecule has 16 nitrogen and oxygen atoms in total.